The Labute approximate surface area is 106 Å². The number of hydrogen-bond acceptors (Lipinski definition) is 5. The van der Waals surface area contributed by atoms with Crippen LogP contribution in [0, 0.1) is 0 Å². The Morgan fingerprint density at radius 1 is 1.44 bits per heavy atom. The van der Waals surface area contributed by atoms with Crippen LogP contribution >= 0.6 is 0 Å². The molecule has 1 aromatic rings. The fraction of sp³-hybridized carbons (Fsp3) is 0.583. The lowest BCUT2D eigenvalue weighted by molar-refractivity contribution is 0.0175. The molecular weight excluding hydrogens is 232 g/mol. The Kier molecular flexibility index (Phi) is 4.09. The van der Waals surface area contributed by atoms with Gasteiger partial charge in [0.05, 0.1) is 6.10 Å². The van der Waals surface area contributed by atoms with Crippen molar-refractivity contribution in [2.24, 2.45) is 0 Å². The summed E-state index contributed by atoms with van der Waals surface area (Å²) in [6, 6.07) is 3.62. The molecule has 2 rings (SSSR count). The first-order valence-electron chi connectivity index (χ1n) is 6.14. The van der Waals surface area contributed by atoms with Crippen LogP contribution in [-0.2, 0) is 4.74 Å². The van der Waals surface area contributed by atoms with Crippen LogP contribution < -0.4 is 10.6 Å². The van der Waals surface area contributed by atoms with Crippen LogP contribution in [0.5, 0.6) is 0 Å². The summed E-state index contributed by atoms with van der Waals surface area (Å²) in [5.74, 6) is 0.502. The molecule has 0 aliphatic heterocycles. The van der Waals surface area contributed by atoms with E-state index in [0.717, 1.165) is 19.4 Å². The lowest BCUT2D eigenvalue weighted by Gasteiger charge is -2.34. The molecule has 1 amide bonds. The van der Waals surface area contributed by atoms with Crippen LogP contribution in [0.25, 0.3) is 0 Å². The largest absolute Gasteiger partial charge is 0.381 e. The van der Waals surface area contributed by atoms with Gasteiger partial charge in [0.15, 0.2) is 5.69 Å². The molecule has 0 saturated heterocycles. The van der Waals surface area contributed by atoms with Gasteiger partial charge < -0.3 is 15.4 Å². The molecule has 0 aromatic carbocycles. The molecule has 0 atom stereocenters. The molecule has 1 aliphatic rings. The monoisotopic (exact) mass is 250 g/mol. The van der Waals surface area contributed by atoms with E-state index in [1.54, 1.807) is 19.2 Å². The number of carbonyl (C=O) groups excluding carboxylic acids is 1. The summed E-state index contributed by atoms with van der Waals surface area (Å²) in [5, 5.41) is 13.8. The quantitative estimate of drug-likeness (QED) is 0.809. The summed E-state index contributed by atoms with van der Waals surface area (Å²) in [6.07, 6.45) is 2.01. The second-order valence-corrected chi connectivity index (χ2v) is 4.33. The van der Waals surface area contributed by atoms with Gasteiger partial charge in [-0.15, -0.1) is 10.2 Å². The van der Waals surface area contributed by atoms with Crippen LogP contribution in [0.15, 0.2) is 12.1 Å². The molecule has 1 aliphatic carbocycles. The van der Waals surface area contributed by atoms with Crippen molar-refractivity contribution in [3.63, 3.8) is 0 Å². The van der Waals surface area contributed by atoms with E-state index in [1.807, 2.05) is 6.92 Å². The van der Waals surface area contributed by atoms with Crippen molar-refractivity contribution in [2.75, 3.05) is 19.0 Å². The van der Waals surface area contributed by atoms with Gasteiger partial charge in [-0.3, -0.25) is 4.79 Å². The Balaban J connectivity index is 1.85. The molecule has 2 N–H and O–H groups in total. The highest BCUT2D eigenvalue weighted by Crippen LogP contribution is 2.22. The topological polar surface area (TPSA) is 76.1 Å². The maximum atomic E-state index is 11.8. The summed E-state index contributed by atoms with van der Waals surface area (Å²) in [5.41, 5.74) is 0.345. The molecule has 1 aromatic heterocycles. The SMILES string of the molecule is CCNc1ccc(C(=O)NC2CC(OC)C2)nn1. The van der Waals surface area contributed by atoms with E-state index in [1.165, 1.54) is 0 Å². The molecule has 0 unspecified atom stereocenters. The molecule has 1 fully saturated rings. The summed E-state index contributed by atoms with van der Waals surface area (Å²) in [7, 11) is 1.69. The Hall–Kier alpha value is -1.69. The molecule has 98 valence electrons. The van der Waals surface area contributed by atoms with Gasteiger partial charge in [0.1, 0.15) is 5.82 Å². The number of nitrogens with one attached hydrogen (secondary N) is 2. The van der Waals surface area contributed by atoms with Crippen LogP contribution in [-0.4, -0.2) is 41.9 Å². The fourth-order valence-electron chi connectivity index (χ4n) is 1.86. The number of amides is 1. The second-order valence-electron chi connectivity index (χ2n) is 4.33. The van der Waals surface area contributed by atoms with Crippen molar-refractivity contribution in [1.29, 1.82) is 0 Å². The van der Waals surface area contributed by atoms with E-state index in [0.29, 0.717) is 11.5 Å². The highest BCUT2D eigenvalue weighted by Gasteiger charge is 2.30. The van der Waals surface area contributed by atoms with Crippen molar-refractivity contribution in [1.82, 2.24) is 15.5 Å². The lowest BCUT2D eigenvalue weighted by atomic mass is 9.89. The summed E-state index contributed by atoms with van der Waals surface area (Å²) in [6.45, 7) is 2.76. The van der Waals surface area contributed by atoms with E-state index >= 15 is 0 Å². The maximum absolute atomic E-state index is 11.8. The van der Waals surface area contributed by atoms with Crippen molar-refractivity contribution < 1.29 is 9.53 Å². The lowest BCUT2D eigenvalue weighted by Crippen LogP contribution is -2.47. The molecule has 0 bridgehead atoms. The molecular formula is C12H18N4O2. The Morgan fingerprint density at radius 2 is 2.22 bits per heavy atom. The van der Waals surface area contributed by atoms with Crippen molar-refractivity contribution in [3.05, 3.63) is 17.8 Å². The molecule has 6 nitrogen and oxygen atoms in total. The van der Waals surface area contributed by atoms with Gasteiger partial charge in [0.2, 0.25) is 0 Å². The average Bonchev–Trinajstić information content (AvgIpc) is 2.34. The zero-order chi connectivity index (χ0) is 13.0. The minimum absolute atomic E-state index is 0.176. The first kappa shape index (κ1) is 12.8. The third kappa shape index (κ3) is 2.95. The summed E-state index contributed by atoms with van der Waals surface area (Å²) < 4.78 is 5.16. The molecule has 0 radical (unpaired) electrons. The number of ether oxygens (including phenoxy) is 1. The van der Waals surface area contributed by atoms with Gasteiger partial charge in [-0.05, 0) is 31.9 Å². The number of nitrogens with zero attached hydrogens (tertiary/aromatic N) is 2. The average molecular weight is 250 g/mol. The third-order valence-corrected chi connectivity index (χ3v) is 3.02. The number of rotatable bonds is 5. The van der Waals surface area contributed by atoms with Gasteiger partial charge in [0, 0.05) is 19.7 Å². The smallest absolute Gasteiger partial charge is 0.272 e. The van der Waals surface area contributed by atoms with Crippen LogP contribution in [0.2, 0.25) is 0 Å². The molecule has 18 heavy (non-hydrogen) atoms. The van der Waals surface area contributed by atoms with E-state index in [4.69, 9.17) is 4.74 Å². The van der Waals surface area contributed by atoms with E-state index in [-0.39, 0.29) is 18.1 Å². The summed E-state index contributed by atoms with van der Waals surface area (Å²) >= 11 is 0. The van der Waals surface area contributed by atoms with Gasteiger partial charge in [-0.25, -0.2) is 0 Å². The molecule has 6 heteroatoms. The minimum atomic E-state index is -0.176. The van der Waals surface area contributed by atoms with Crippen molar-refractivity contribution in [2.45, 2.75) is 31.9 Å². The molecule has 1 heterocycles. The van der Waals surface area contributed by atoms with Crippen LogP contribution in [0.1, 0.15) is 30.3 Å². The maximum Gasteiger partial charge on any atom is 0.272 e. The van der Waals surface area contributed by atoms with Crippen LogP contribution in [0.4, 0.5) is 5.82 Å². The predicted octanol–water partition coefficient (Wildman–Crippen LogP) is 0.816. The third-order valence-electron chi connectivity index (χ3n) is 3.02. The minimum Gasteiger partial charge on any atom is -0.381 e. The van der Waals surface area contributed by atoms with Gasteiger partial charge in [-0.1, -0.05) is 0 Å². The van der Waals surface area contributed by atoms with E-state index < -0.39 is 0 Å². The first-order chi connectivity index (χ1) is 8.72. The van der Waals surface area contributed by atoms with E-state index in [2.05, 4.69) is 20.8 Å². The Bertz CT molecular complexity index is 401. The number of aromatic nitrogens is 2. The van der Waals surface area contributed by atoms with Gasteiger partial charge in [0.25, 0.3) is 5.91 Å². The highest BCUT2D eigenvalue weighted by molar-refractivity contribution is 5.92. The zero-order valence-corrected chi connectivity index (χ0v) is 10.6. The Morgan fingerprint density at radius 3 is 2.78 bits per heavy atom. The standard InChI is InChI=1S/C12H18N4O2/c1-3-13-11-5-4-10(15-16-11)12(17)14-8-6-9(7-8)18-2/h4-5,8-9H,3,6-7H2,1-2H3,(H,13,16)(H,14,17). The normalized spacial score (nSPS) is 22.1. The molecule has 0 spiro atoms. The zero-order valence-electron chi connectivity index (χ0n) is 10.6. The van der Waals surface area contributed by atoms with Crippen molar-refractivity contribution in [3.8, 4) is 0 Å². The first-order valence-corrected chi connectivity index (χ1v) is 6.14. The van der Waals surface area contributed by atoms with Gasteiger partial charge in [-0.2, -0.15) is 0 Å². The number of hydrogen-bond donors (Lipinski definition) is 2. The van der Waals surface area contributed by atoms with Gasteiger partial charge >= 0.3 is 0 Å². The van der Waals surface area contributed by atoms with E-state index in [9.17, 15) is 4.79 Å². The van der Waals surface area contributed by atoms with Crippen LogP contribution in [0.3, 0.4) is 0 Å². The van der Waals surface area contributed by atoms with Crippen molar-refractivity contribution >= 4 is 11.7 Å². The predicted molar refractivity (Wildman–Crippen MR) is 67.5 cm³/mol. The fourth-order valence-corrected chi connectivity index (χ4v) is 1.86. The number of carbonyl (C=O) groups is 1. The number of methoxy groups -OCH3 is 1. The summed E-state index contributed by atoms with van der Waals surface area (Å²) in [4.78, 5) is 11.8. The highest BCUT2D eigenvalue weighted by atomic mass is 16.5. The second kappa shape index (κ2) is 5.77. The molecule has 1 saturated carbocycles. The number of anilines is 1.